The minimum Gasteiger partial charge on any atom is -0.382 e. The number of urea groups is 1. The first-order valence-corrected chi connectivity index (χ1v) is 3.25. The monoisotopic (exact) mass is 146 g/mol. The molecule has 0 spiro atoms. The second kappa shape index (κ2) is 2.88. The molecule has 0 aromatic rings. The number of hydrogen-bond donors (Lipinski definition) is 1. The standard InChI is InChI=1S/C6H12N2O2.H2/c1-8-5(4-10-2)3-7-6(8)9;/h5H,3-4H2,1-2H3,(H,7,9);1H. The molecule has 1 fully saturated rings. The largest absolute Gasteiger partial charge is 0.382 e. The molecular weight excluding hydrogens is 132 g/mol. The van der Waals surface area contributed by atoms with Crippen LogP contribution >= 0.6 is 0 Å². The van der Waals surface area contributed by atoms with Crippen molar-refractivity contribution in [2.24, 2.45) is 0 Å². The SMILES string of the molecule is COCC1CNC(=O)N1C.[HH]. The van der Waals surface area contributed by atoms with Gasteiger partial charge >= 0.3 is 6.03 Å². The third kappa shape index (κ3) is 1.21. The van der Waals surface area contributed by atoms with Gasteiger partial charge in [-0.3, -0.25) is 0 Å². The Morgan fingerprint density at radius 2 is 2.70 bits per heavy atom. The summed E-state index contributed by atoms with van der Waals surface area (Å²) in [5, 5.41) is 2.71. The molecule has 1 N–H and O–H groups in total. The van der Waals surface area contributed by atoms with Gasteiger partial charge in [-0.1, -0.05) is 0 Å². The van der Waals surface area contributed by atoms with Crippen molar-refractivity contribution >= 4 is 6.03 Å². The summed E-state index contributed by atoms with van der Waals surface area (Å²) in [4.78, 5) is 12.5. The Morgan fingerprint density at radius 1 is 2.00 bits per heavy atom. The second-order valence-electron chi connectivity index (χ2n) is 2.41. The molecule has 1 saturated heterocycles. The van der Waals surface area contributed by atoms with Crippen LogP contribution in [-0.4, -0.2) is 44.3 Å². The Balaban J connectivity index is 0.000001000. The molecule has 60 valence electrons. The van der Waals surface area contributed by atoms with Crippen LogP contribution in [0.4, 0.5) is 4.79 Å². The molecular formula is C6H14N2O2. The lowest BCUT2D eigenvalue weighted by molar-refractivity contribution is 0.138. The van der Waals surface area contributed by atoms with Crippen LogP contribution in [0.25, 0.3) is 0 Å². The van der Waals surface area contributed by atoms with Crippen molar-refractivity contribution in [3.8, 4) is 0 Å². The van der Waals surface area contributed by atoms with E-state index in [1.807, 2.05) is 0 Å². The maximum absolute atomic E-state index is 10.8. The van der Waals surface area contributed by atoms with E-state index in [1.54, 1.807) is 19.1 Å². The highest BCUT2D eigenvalue weighted by atomic mass is 16.5. The Labute approximate surface area is 61.6 Å². The number of rotatable bonds is 2. The van der Waals surface area contributed by atoms with E-state index in [0.29, 0.717) is 13.2 Å². The summed E-state index contributed by atoms with van der Waals surface area (Å²) in [6, 6.07) is 0.194. The number of carbonyl (C=O) groups is 1. The van der Waals surface area contributed by atoms with E-state index in [-0.39, 0.29) is 13.5 Å². The third-order valence-corrected chi connectivity index (χ3v) is 1.72. The maximum Gasteiger partial charge on any atom is 0.317 e. The number of nitrogens with zero attached hydrogens (tertiary/aromatic N) is 1. The van der Waals surface area contributed by atoms with Crippen LogP contribution in [0.3, 0.4) is 0 Å². The molecule has 1 atom stereocenters. The molecule has 1 aliphatic heterocycles. The van der Waals surface area contributed by atoms with Crippen LogP contribution in [0.5, 0.6) is 0 Å². The average Bonchev–Trinajstić information content (AvgIpc) is 2.20. The molecule has 0 aromatic carbocycles. The molecule has 4 nitrogen and oxygen atoms in total. The summed E-state index contributed by atoms with van der Waals surface area (Å²) in [6.07, 6.45) is 0. The van der Waals surface area contributed by atoms with Gasteiger partial charge in [0.25, 0.3) is 0 Å². The van der Waals surface area contributed by atoms with Crippen molar-refractivity contribution in [1.29, 1.82) is 0 Å². The zero-order valence-corrected chi connectivity index (χ0v) is 6.26. The van der Waals surface area contributed by atoms with Gasteiger partial charge in [0.15, 0.2) is 0 Å². The van der Waals surface area contributed by atoms with E-state index >= 15 is 0 Å². The van der Waals surface area contributed by atoms with Crippen LogP contribution in [0.2, 0.25) is 0 Å². The van der Waals surface area contributed by atoms with Gasteiger partial charge in [-0.2, -0.15) is 0 Å². The fourth-order valence-corrected chi connectivity index (χ4v) is 0.996. The van der Waals surface area contributed by atoms with E-state index < -0.39 is 0 Å². The molecule has 1 heterocycles. The molecule has 0 radical (unpaired) electrons. The molecule has 4 heteroatoms. The highest BCUT2D eigenvalue weighted by molar-refractivity contribution is 5.76. The van der Waals surface area contributed by atoms with Gasteiger partial charge in [-0.25, -0.2) is 4.79 Å². The first kappa shape index (κ1) is 7.34. The van der Waals surface area contributed by atoms with Crippen LogP contribution < -0.4 is 5.32 Å². The zero-order valence-electron chi connectivity index (χ0n) is 6.26. The molecule has 1 unspecified atom stereocenters. The van der Waals surface area contributed by atoms with Gasteiger partial charge < -0.3 is 15.0 Å². The maximum atomic E-state index is 10.8. The number of methoxy groups -OCH3 is 1. The lowest BCUT2D eigenvalue weighted by Crippen LogP contribution is -2.33. The van der Waals surface area contributed by atoms with Crippen molar-refractivity contribution in [2.45, 2.75) is 6.04 Å². The van der Waals surface area contributed by atoms with Gasteiger partial charge in [0.2, 0.25) is 0 Å². The Hall–Kier alpha value is -0.770. The Bertz CT molecular complexity index is 143. The normalized spacial score (nSPS) is 25.2. The van der Waals surface area contributed by atoms with Gasteiger partial charge in [0, 0.05) is 22.1 Å². The number of ether oxygens (including phenoxy) is 1. The summed E-state index contributed by atoms with van der Waals surface area (Å²) in [7, 11) is 3.41. The number of carbonyl (C=O) groups excluding carboxylic acids is 1. The van der Waals surface area contributed by atoms with Gasteiger partial charge in [-0.05, 0) is 0 Å². The molecule has 0 aliphatic carbocycles. The van der Waals surface area contributed by atoms with Crippen molar-refractivity contribution in [3.05, 3.63) is 0 Å². The fourth-order valence-electron chi connectivity index (χ4n) is 0.996. The number of likely N-dealkylation sites (N-methyl/N-ethyl adjacent to an activating group) is 1. The Morgan fingerprint density at radius 3 is 3.10 bits per heavy atom. The quantitative estimate of drug-likeness (QED) is 0.591. The number of amides is 2. The molecule has 10 heavy (non-hydrogen) atoms. The topological polar surface area (TPSA) is 41.6 Å². The smallest absolute Gasteiger partial charge is 0.317 e. The summed E-state index contributed by atoms with van der Waals surface area (Å²) in [5.74, 6) is 0. The lowest BCUT2D eigenvalue weighted by atomic mass is 10.3. The fraction of sp³-hybridized carbons (Fsp3) is 0.833. The molecule has 1 rings (SSSR count). The molecule has 0 saturated carbocycles. The highest BCUT2D eigenvalue weighted by Gasteiger charge is 2.26. The molecule has 0 bridgehead atoms. The summed E-state index contributed by atoms with van der Waals surface area (Å²) in [6.45, 7) is 1.30. The number of hydrogen-bond acceptors (Lipinski definition) is 2. The van der Waals surface area contributed by atoms with E-state index in [0.717, 1.165) is 0 Å². The van der Waals surface area contributed by atoms with Crippen molar-refractivity contribution in [1.82, 2.24) is 10.2 Å². The van der Waals surface area contributed by atoms with Crippen LogP contribution in [-0.2, 0) is 4.74 Å². The first-order chi connectivity index (χ1) is 4.75. The van der Waals surface area contributed by atoms with Crippen molar-refractivity contribution in [3.63, 3.8) is 0 Å². The predicted molar refractivity (Wildman–Crippen MR) is 38.9 cm³/mol. The predicted octanol–water partition coefficient (Wildman–Crippen LogP) is -0.0976. The molecule has 1 aliphatic rings. The van der Waals surface area contributed by atoms with Gasteiger partial charge in [-0.15, -0.1) is 0 Å². The minimum atomic E-state index is -0.0120. The van der Waals surface area contributed by atoms with E-state index in [4.69, 9.17) is 4.74 Å². The minimum absolute atomic E-state index is 0. The summed E-state index contributed by atoms with van der Waals surface area (Å²) in [5.41, 5.74) is 0. The van der Waals surface area contributed by atoms with E-state index in [9.17, 15) is 4.79 Å². The summed E-state index contributed by atoms with van der Waals surface area (Å²) >= 11 is 0. The van der Waals surface area contributed by atoms with Crippen molar-refractivity contribution < 1.29 is 11.0 Å². The molecule has 0 aromatic heterocycles. The molecule has 2 amide bonds. The third-order valence-electron chi connectivity index (χ3n) is 1.72. The van der Waals surface area contributed by atoms with Crippen LogP contribution in [0.1, 0.15) is 1.43 Å². The zero-order chi connectivity index (χ0) is 7.56. The van der Waals surface area contributed by atoms with Gasteiger partial charge in [0.1, 0.15) is 0 Å². The second-order valence-corrected chi connectivity index (χ2v) is 2.41. The highest BCUT2D eigenvalue weighted by Crippen LogP contribution is 2.02. The average molecular weight is 146 g/mol. The number of nitrogens with one attached hydrogen (secondary N) is 1. The van der Waals surface area contributed by atoms with E-state index in [2.05, 4.69) is 5.32 Å². The van der Waals surface area contributed by atoms with Crippen LogP contribution in [0, 0.1) is 0 Å². The van der Waals surface area contributed by atoms with Gasteiger partial charge in [0.05, 0.1) is 12.6 Å². The van der Waals surface area contributed by atoms with E-state index in [1.165, 1.54) is 0 Å². The summed E-state index contributed by atoms with van der Waals surface area (Å²) < 4.78 is 4.91. The van der Waals surface area contributed by atoms with Crippen LogP contribution in [0.15, 0.2) is 0 Å². The van der Waals surface area contributed by atoms with Crippen molar-refractivity contribution in [2.75, 3.05) is 27.3 Å². The Kier molecular flexibility index (Phi) is 2.11. The lowest BCUT2D eigenvalue weighted by Gasteiger charge is -2.15. The first-order valence-electron chi connectivity index (χ1n) is 3.25.